The number of rotatable bonds is 5. The lowest BCUT2D eigenvalue weighted by atomic mass is 10.1. The third-order valence-corrected chi connectivity index (χ3v) is 4.72. The van der Waals surface area contributed by atoms with E-state index in [2.05, 4.69) is 29.4 Å². The molecule has 3 aromatic heterocycles. The summed E-state index contributed by atoms with van der Waals surface area (Å²) in [5, 5.41) is 12.5. The van der Waals surface area contributed by atoms with Crippen LogP contribution >= 0.6 is 0 Å². The molecular formula is C19H24N6O. The highest BCUT2D eigenvalue weighted by atomic mass is 16.1. The lowest BCUT2D eigenvalue weighted by molar-refractivity contribution is 0.102. The highest BCUT2D eigenvalue weighted by Crippen LogP contribution is 2.40. The number of aromatic nitrogens is 5. The molecule has 0 saturated heterocycles. The zero-order valence-electron chi connectivity index (χ0n) is 15.6. The van der Waals surface area contributed by atoms with Crippen LogP contribution < -0.4 is 5.32 Å². The summed E-state index contributed by atoms with van der Waals surface area (Å²) in [6, 6.07) is 4.10. The zero-order valence-corrected chi connectivity index (χ0v) is 15.6. The number of carbonyl (C=O) groups excluding carboxylic acids is 1. The van der Waals surface area contributed by atoms with E-state index in [4.69, 9.17) is 4.98 Å². The van der Waals surface area contributed by atoms with Gasteiger partial charge in [0.1, 0.15) is 5.82 Å². The molecule has 0 aromatic carbocycles. The molecule has 0 spiro atoms. The molecule has 0 unspecified atom stereocenters. The quantitative estimate of drug-likeness (QED) is 0.755. The Hall–Kier alpha value is -2.70. The molecule has 26 heavy (non-hydrogen) atoms. The molecule has 3 aromatic rings. The van der Waals surface area contributed by atoms with Crippen LogP contribution in [0.15, 0.2) is 24.5 Å². The third kappa shape index (κ3) is 2.87. The molecule has 1 aliphatic rings. The van der Waals surface area contributed by atoms with Crippen LogP contribution in [0.2, 0.25) is 0 Å². The van der Waals surface area contributed by atoms with Crippen LogP contribution in [-0.2, 0) is 0 Å². The first-order chi connectivity index (χ1) is 12.5. The van der Waals surface area contributed by atoms with Crippen LogP contribution in [0.5, 0.6) is 0 Å². The summed E-state index contributed by atoms with van der Waals surface area (Å²) in [4.78, 5) is 17.9. The van der Waals surface area contributed by atoms with Crippen molar-refractivity contribution in [1.82, 2.24) is 24.5 Å². The lowest BCUT2D eigenvalue weighted by Gasteiger charge is -2.13. The smallest absolute Gasteiger partial charge is 0.257 e. The van der Waals surface area contributed by atoms with Gasteiger partial charge in [-0.1, -0.05) is 0 Å². The van der Waals surface area contributed by atoms with Crippen molar-refractivity contribution in [2.45, 2.75) is 58.5 Å². The molecule has 0 bridgehead atoms. The highest BCUT2D eigenvalue weighted by Gasteiger charge is 2.28. The van der Waals surface area contributed by atoms with E-state index in [1.165, 1.54) is 0 Å². The first-order valence-corrected chi connectivity index (χ1v) is 9.18. The molecule has 7 nitrogen and oxygen atoms in total. The van der Waals surface area contributed by atoms with Gasteiger partial charge in [0.05, 0.1) is 23.3 Å². The standard InChI is InChI=1S/C19H24N6O/c1-11(2)24-17(7-8-20-24)23-19(26)14-9-16(13-5-6-13)22-18-15(14)10-21-25(18)12(3)4/h7-13H,5-6H2,1-4H3,(H,23,26). The summed E-state index contributed by atoms with van der Waals surface area (Å²) in [6.45, 7) is 8.20. The van der Waals surface area contributed by atoms with E-state index < -0.39 is 0 Å². The van der Waals surface area contributed by atoms with Gasteiger partial charge in [-0.3, -0.25) is 4.79 Å². The molecule has 7 heteroatoms. The topological polar surface area (TPSA) is 77.6 Å². The van der Waals surface area contributed by atoms with Crippen molar-refractivity contribution >= 4 is 22.8 Å². The van der Waals surface area contributed by atoms with Crippen molar-refractivity contribution in [3.05, 3.63) is 35.8 Å². The summed E-state index contributed by atoms with van der Waals surface area (Å²) in [5.74, 6) is 1.01. The molecule has 1 fully saturated rings. The van der Waals surface area contributed by atoms with Crippen LogP contribution in [-0.4, -0.2) is 30.5 Å². The summed E-state index contributed by atoms with van der Waals surface area (Å²) < 4.78 is 3.69. The van der Waals surface area contributed by atoms with Crippen LogP contribution in [0.25, 0.3) is 11.0 Å². The molecule has 4 rings (SSSR count). The molecule has 1 N–H and O–H groups in total. The Balaban J connectivity index is 1.77. The number of hydrogen-bond donors (Lipinski definition) is 1. The molecule has 1 saturated carbocycles. The molecule has 3 heterocycles. The van der Waals surface area contributed by atoms with Crippen LogP contribution in [0.4, 0.5) is 5.82 Å². The van der Waals surface area contributed by atoms with Gasteiger partial charge in [0.15, 0.2) is 5.65 Å². The van der Waals surface area contributed by atoms with E-state index in [1.807, 2.05) is 30.7 Å². The summed E-state index contributed by atoms with van der Waals surface area (Å²) in [6.07, 6.45) is 5.71. The number of pyridine rings is 1. The average molecular weight is 352 g/mol. The number of anilines is 1. The molecule has 0 radical (unpaired) electrons. The summed E-state index contributed by atoms with van der Waals surface area (Å²) >= 11 is 0. The first kappa shape index (κ1) is 16.8. The van der Waals surface area contributed by atoms with Gasteiger partial charge < -0.3 is 5.32 Å². The second-order valence-corrected chi connectivity index (χ2v) is 7.50. The van der Waals surface area contributed by atoms with E-state index in [9.17, 15) is 4.79 Å². The van der Waals surface area contributed by atoms with Crippen molar-refractivity contribution < 1.29 is 4.79 Å². The van der Waals surface area contributed by atoms with Gasteiger partial charge in [0.25, 0.3) is 5.91 Å². The van der Waals surface area contributed by atoms with Gasteiger partial charge in [-0.2, -0.15) is 10.2 Å². The molecule has 1 amide bonds. The predicted molar refractivity (Wildman–Crippen MR) is 100 cm³/mol. The fourth-order valence-corrected chi connectivity index (χ4v) is 3.20. The van der Waals surface area contributed by atoms with Crippen molar-refractivity contribution in [2.75, 3.05) is 5.32 Å². The van der Waals surface area contributed by atoms with E-state index in [0.717, 1.165) is 29.6 Å². The second kappa shape index (κ2) is 6.23. The van der Waals surface area contributed by atoms with Gasteiger partial charge in [-0.25, -0.2) is 14.3 Å². The fourth-order valence-electron chi connectivity index (χ4n) is 3.20. The van der Waals surface area contributed by atoms with Crippen molar-refractivity contribution in [3.63, 3.8) is 0 Å². The van der Waals surface area contributed by atoms with Gasteiger partial charge >= 0.3 is 0 Å². The number of fused-ring (bicyclic) bond motifs is 1. The first-order valence-electron chi connectivity index (χ1n) is 9.18. The number of carbonyl (C=O) groups is 1. The zero-order chi connectivity index (χ0) is 18.4. The van der Waals surface area contributed by atoms with Crippen molar-refractivity contribution in [1.29, 1.82) is 0 Å². The second-order valence-electron chi connectivity index (χ2n) is 7.50. The molecular weight excluding hydrogens is 328 g/mol. The Morgan fingerprint density at radius 1 is 1.15 bits per heavy atom. The minimum Gasteiger partial charge on any atom is -0.307 e. The Morgan fingerprint density at radius 3 is 2.54 bits per heavy atom. The van der Waals surface area contributed by atoms with Gasteiger partial charge in [0.2, 0.25) is 0 Å². The Kier molecular flexibility index (Phi) is 4.01. The van der Waals surface area contributed by atoms with Crippen LogP contribution in [0.1, 0.15) is 74.6 Å². The minimum atomic E-state index is -0.148. The van der Waals surface area contributed by atoms with Gasteiger partial charge in [0, 0.05) is 29.8 Å². The SMILES string of the molecule is CC(C)n1nccc1NC(=O)c1cc(C2CC2)nc2c1cnn2C(C)C. The van der Waals surface area contributed by atoms with Gasteiger partial charge in [-0.15, -0.1) is 0 Å². The number of hydrogen-bond acceptors (Lipinski definition) is 4. The summed E-state index contributed by atoms with van der Waals surface area (Å²) in [7, 11) is 0. The minimum absolute atomic E-state index is 0.148. The molecule has 136 valence electrons. The van der Waals surface area contributed by atoms with E-state index in [1.54, 1.807) is 17.1 Å². The normalized spacial score (nSPS) is 14.5. The van der Waals surface area contributed by atoms with Crippen LogP contribution in [0, 0.1) is 0 Å². The maximum absolute atomic E-state index is 13.1. The largest absolute Gasteiger partial charge is 0.307 e. The van der Waals surface area contributed by atoms with E-state index >= 15 is 0 Å². The number of amides is 1. The molecule has 0 aliphatic heterocycles. The number of nitrogens with zero attached hydrogens (tertiary/aromatic N) is 5. The summed E-state index contributed by atoms with van der Waals surface area (Å²) in [5.41, 5.74) is 2.40. The third-order valence-electron chi connectivity index (χ3n) is 4.72. The van der Waals surface area contributed by atoms with Crippen molar-refractivity contribution in [3.8, 4) is 0 Å². The molecule has 1 aliphatic carbocycles. The van der Waals surface area contributed by atoms with E-state index in [-0.39, 0.29) is 18.0 Å². The Bertz CT molecular complexity index is 964. The Labute approximate surface area is 152 Å². The number of nitrogens with one attached hydrogen (secondary N) is 1. The predicted octanol–water partition coefficient (Wildman–Crippen LogP) is 3.92. The molecule has 0 atom stereocenters. The highest BCUT2D eigenvalue weighted by molar-refractivity contribution is 6.11. The average Bonchev–Trinajstić information content (AvgIpc) is 3.18. The van der Waals surface area contributed by atoms with E-state index in [0.29, 0.717) is 17.3 Å². The maximum Gasteiger partial charge on any atom is 0.257 e. The van der Waals surface area contributed by atoms with Gasteiger partial charge in [-0.05, 0) is 46.6 Å². The Morgan fingerprint density at radius 2 is 1.88 bits per heavy atom. The van der Waals surface area contributed by atoms with Crippen molar-refractivity contribution in [2.24, 2.45) is 0 Å². The lowest BCUT2D eigenvalue weighted by Crippen LogP contribution is -2.17. The fraction of sp³-hybridized carbons (Fsp3) is 0.474. The van der Waals surface area contributed by atoms with Crippen LogP contribution in [0.3, 0.4) is 0 Å². The monoisotopic (exact) mass is 352 g/mol. The maximum atomic E-state index is 13.1.